The standard InChI is InChI=1S/C14H16N2O3S2/c17-12(16-6-5-15-14(16)18)9-19-11-3-1-10(2-4-11)13-20-7-8-21-13/h1-4,13H,5-9H2,(H,15,18). The lowest BCUT2D eigenvalue weighted by Crippen LogP contribution is -2.37. The van der Waals surface area contributed by atoms with Crippen molar-refractivity contribution < 1.29 is 14.3 Å². The van der Waals surface area contributed by atoms with Crippen molar-refractivity contribution in [2.45, 2.75) is 4.58 Å². The molecule has 2 aliphatic rings. The zero-order valence-corrected chi connectivity index (χ0v) is 13.0. The average Bonchev–Trinajstić information content (AvgIpc) is 3.16. The van der Waals surface area contributed by atoms with Crippen LogP contribution in [0.4, 0.5) is 4.79 Å². The Morgan fingerprint density at radius 2 is 2.00 bits per heavy atom. The number of rotatable bonds is 4. The van der Waals surface area contributed by atoms with E-state index in [9.17, 15) is 9.59 Å². The summed E-state index contributed by atoms with van der Waals surface area (Å²) in [5, 5.41) is 2.59. The number of benzene rings is 1. The maximum Gasteiger partial charge on any atom is 0.324 e. The SMILES string of the molecule is O=C(COc1ccc(C2SCCS2)cc1)N1CCNC1=O. The summed E-state index contributed by atoms with van der Waals surface area (Å²) >= 11 is 3.91. The van der Waals surface area contributed by atoms with Gasteiger partial charge in [0.1, 0.15) is 5.75 Å². The van der Waals surface area contributed by atoms with Crippen LogP contribution in [0.15, 0.2) is 24.3 Å². The fraction of sp³-hybridized carbons (Fsp3) is 0.429. The number of carbonyl (C=O) groups is 2. The Morgan fingerprint density at radius 3 is 2.62 bits per heavy atom. The van der Waals surface area contributed by atoms with Gasteiger partial charge in [-0.25, -0.2) is 4.79 Å². The number of hydrogen-bond acceptors (Lipinski definition) is 5. The molecule has 0 radical (unpaired) electrons. The molecule has 2 saturated heterocycles. The fourth-order valence-corrected chi connectivity index (χ4v) is 5.06. The van der Waals surface area contributed by atoms with Gasteiger partial charge in [-0.2, -0.15) is 0 Å². The molecule has 7 heteroatoms. The summed E-state index contributed by atoms with van der Waals surface area (Å²) in [7, 11) is 0. The van der Waals surface area contributed by atoms with Crippen LogP contribution in [0.3, 0.4) is 0 Å². The predicted octanol–water partition coefficient (Wildman–Crippen LogP) is 2.10. The minimum Gasteiger partial charge on any atom is -0.484 e. The molecular formula is C14H16N2O3S2. The lowest BCUT2D eigenvalue weighted by atomic mass is 10.2. The van der Waals surface area contributed by atoms with E-state index in [4.69, 9.17) is 4.74 Å². The highest BCUT2D eigenvalue weighted by atomic mass is 32.2. The first-order valence-electron chi connectivity index (χ1n) is 6.78. The summed E-state index contributed by atoms with van der Waals surface area (Å²) < 4.78 is 5.97. The van der Waals surface area contributed by atoms with Crippen molar-refractivity contribution in [2.24, 2.45) is 0 Å². The zero-order chi connectivity index (χ0) is 14.7. The molecule has 112 valence electrons. The normalized spacial score (nSPS) is 18.9. The Morgan fingerprint density at radius 1 is 1.29 bits per heavy atom. The molecule has 2 heterocycles. The molecule has 3 rings (SSSR count). The fourth-order valence-electron chi connectivity index (χ4n) is 2.20. The molecule has 1 N–H and O–H groups in total. The van der Waals surface area contributed by atoms with E-state index in [1.54, 1.807) is 0 Å². The Balaban J connectivity index is 1.53. The van der Waals surface area contributed by atoms with Gasteiger partial charge in [-0.3, -0.25) is 9.69 Å². The minimum atomic E-state index is -0.339. The van der Waals surface area contributed by atoms with Crippen LogP contribution in [0.2, 0.25) is 0 Å². The molecule has 1 aromatic rings. The summed E-state index contributed by atoms with van der Waals surface area (Å²) in [6.45, 7) is 0.811. The number of carbonyl (C=O) groups excluding carboxylic acids is 2. The van der Waals surface area contributed by atoms with E-state index in [2.05, 4.69) is 5.32 Å². The summed E-state index contributed by atoms with van der Waals surface area (Å²) in [5.41, 5.74) is 1.28. The number of amides is 3. The smallest absolute Gasteiger partial charge is 0.324 e. The Kier molecular flexibility index (Phi) is 4.60. The molecule has 3 amide bonds. The number of hydrogen-bond donors (Lipinski definition) is 1. The number of nitrogens with zero attached hydrogens (tertiary/aromatic N) is 1. The van der Waals surface area contributed by atoms with E-state index >= 15 is 0 Å². The molecule has 0 saturated carbocycles. The van der Waals surface area contributed by atoms with Crippen LogP contribution in [0.25, 0.3) is 0 Å². The van der Waals surface area contributed by atoms with E-state index in [1.165, 1.54) is 22.0 Å². The summed E-state index contributed by atoms with van der Waals surface area (Å²) in [6, 6.07) is 7.50. The molecule has 2 aliphatic heterocycles. The van der Waals surface area contributed by atoms with Crippen LogP contribution in [0.5, 0.6) is 5.75 Å². The molecule has 2 fully saturated rings. The second kappa shape index (κ2) is 6.62. The van der Waals surface area contributed by atoms with Crippen molar-refractivity contribution in [3.8, 4) is 5.75 Å². The third-order valence-electron chi connectivity index (χ3n) is 3.29. The van der Waals surface area contributed by atoms with E-state index < -0.39 is 0 Å². The van der Waals surface area contributed by atoms with Gasteiger partial charge in [-0.15, -0.1) is 23.5 Å². The molecular weight excluding hydrogens is 308 g/mol. The second-order valence-electron chi connectivity index (χ2n) is 4.71. The minimum absolute atomic E-state index is 0.111. The molecule has 5 nitrogen and oxygen atoms in total. The Labute approximate surface area is 131 Å². The predicted molar refractivity (Wildman–Crippen MR) is 84.7 cm³/mol. The number of thioether (sulfide) groups is 2. The molecule has 0 aliphatic carbocycles. The van der Waals surface area contributed by atoms with Crippen molar-refractivity contribution >= 4 is 35.5 Å². The Bertz CT molecular complexity index is 530. The third kappa shape index (κ3) is 3.47. The molecule has 0 bridgehead atoms. The van der Waals surface area contributed by atoms with Crippen molar-refractivity contribution in [2.75, 3.05) is 31.2 Å². The van der Waals surface area contributed by atoms with Gasteiger partial charge in [0.25, 0.3) is 5.91 Å². The van der Waals surface area contributed by atoms with Crippen LogP contribution in [0.1, 0.15) is 10.1 Å². The Hall–Kier alpha value is -1.34. The largest absolute Gasteiger partial charge is 0.484 e. The highest BCUT2D eigenvalue weighted by molar-refractivity contribution is 8.19. The van der Waals surface area contributed by atoms with Crippen LogP contribution in [-0.2, 0) is 4.79 Å². The summed E-state index contributed by atoms with van der Waals surface area (Å²) in [6.07, 6.45) is 0. The number of ether oxygens (including phenoxy) is 1. The van der Waals surface area contributed by atoms with Gasteiger partial charge in [0.05, 0.1) is 4.58 Å². The van der Waals surface area contributed by atoms with Crippen molar-refractivity contribution in [3.63, 3.8) is 0 Å². The first-order valence-corrected chi connectivity index (χ1v) is 8.88. The van der Waals surface area contributed by atoms with Gasteiger partial charge < -0.3 is 10.1 Å². The first kappa shape index (κ1) is 14.6. The summed E-state index contributed by atoms with van der Waals surface area (Å²) in [5.74, 6) is 2.73. The molecule has 0 atom stereocenters. The van der Waals surface area contributed by atoms with Gasteiger partial charge >= 0.3 is 6.03 Å². The third-order valence-corrected chi connectivity index (χ3v) is 6.40. The lowest BCUT2D eigenvalue weighted by Gasteiger charge is -2.13. The maximum atomic E-state index is 11.8. The maximum absolute atomic E-state index is 11.8. The van der Waals surface area contributed by atoms with Gasteiger partial charge in [-0.05, 0) is 17.7 Å². The molecule has 1 aromatic carbocycles. The van der Waals surface area contributed by atoms with Gasteiger partial charge in [0.15, 0.2) is 6.61 Å². The lowest BCUT2D eigenvalue weighted by molar-refractivity contribution is -0.129. The number of nitrogens with one attached hydrogen (secondary N) is 1. The van der Waals surface area contributed by atoms with Crippen LogP contribution in [-0.4, -0.2) is 48.0 Å². The molecule has 0 aromatic heterocycles. The van der Waals surface area contributed by atoms with E-state index in [0.717, 1.165) is 0 Å². The van der Waals surface area contributed by atoms with E-state index in [1.807, 2.05) is 47.8 Å². The van der Waals surface area contributed by atoms with Crippen LogP contribution >= 0.6 is 23.5 Å². The van der Waals surface area contributed by atoms with Gasteiger partial charge in [0, 0.05) is 24.6 Å². The average molecular weight is 324 g/mol. The van der Waals surface area contributed by atoms with Crippen molar-refractivity contribution in [3.05, 3.63) is 29.8 Å². The first-order chi connectivity index (χ1) is 10.2. The van der Waals surface area contributed by atoms with Crippen LogP contribution < -0.4 is 10.1 Å². The second-order valence-corrected chi connectivity index (χ2v) is 7.43. The van der Waals surface area contributed by atoms with Gasteiger partial charge in [0.2, 0.25) is 0 Å². The number of urea groups is 1. The molecule has 0 spiro atoms. The van der Waals surface area contributed by atoms with Crippen molar-refractivity contribution in [1.29, 1.82) is 0 Å². The molecule has 21 heavy (non-hydrogen) atoms. The van der Waals surface area contributed by atoms with Crippen molar-refractivity contribution in [1.82, 2.24) is 10.2 Å². The summed E-state index contributed by atoms with van der Waals surface area (Å²) in [4.78, 5) is 24.4. The highest BCUT2D eigenvalue weighted by Gasteiger charge is 2.26. The highest BCUT2D eigenvalue weighted by Crippen LogP contribution is 2.45. The zero-order valence-electron chi connectivity index (χ0n) is 11.4. The van der Waals surface area contributed by atoms with Crippen LogP contribution in [0, 0.1) is 0 Å². The monoisotopic (exact) mass is 324 g/mol. The molecule has 0 unspecified atom stereocenters. The number of imide groups is 1. The van der Waals surface area contributed by atoms with Gasteiger partial charge in [-0.1, -0.05) is 12.1 Å². The topological polar surface area (TPSA) is 58.6 Å². The quantitative estimate of drug-likeness (QED) is 0.919. The van der Waals surface area contributed by atoms with E-state index in [0.29, 0.717) is 23.4 Å². The van der Waals surface area contributed by atoms with E-state index in [-0.39, 0.29) is 18.5 Å².